The number of nitrogens with one attached hydrogen (secondary N) is 1. The van der Waals surface area contributed by atoms with Crippen LogP contribution < -0.4 is 0 Å². The van der Waals surface area contributed by atoms with Gasteiger partial charge < -0.3 is 4.98 Å². The van der Waals surface area contributed by atoms with Crippen molar-refractivity contribution < 1.29 is 0 Å². The summed E-state index contributed by atoms with van der Waals surface area (Å²) in [4.78, 5) is 3.48. The van der Waals surface area contributed by atoms with Crippen LogP contribution in [0.5, 0.6) is 0 Å². The van der Waals surface area contributed by atoms with Crippen molar-refractivity contribution in [3.05, 3.63) is 33.9 Å². The van der Waals surface area contributed by atoms with E-state index in [1.165, 1.54) is 39.5 Å². The van der Waals surface area contributed by atoms with Crippen LogP contribution in [0.2, 0.25) is 0 Å². The van der Waals surface area contributed by atoms with Crippen LogP contribution in [0.1, 0.15) is 36.8 Å². The van der Waals surface area contributed by atoms with Gasteiger partial charge in [-0.1, -0.05) is 25.1 Å². The Labute approximate surface area is 98.0 Å². The minimum atomic E-state index is 0.792. The van der Waals surface area contributed by atoms with Crippen molar-refractivity contribution in [3.8, 4) is 0 Å². The van der Waals surface area contributed by atoms with Gasteiger partial charge in [-0.15, -0.1) is 0 Å². The number of fused-ring (bicyclic) bond motifs is 1. The van der Waals surface area contributed by atoms with Crippen molar-refractivity contribution in [2.24, 2.45) is 0 Å². The SMILES string of the molecule is CCc1cccc2c(C3CC3)c(Br)[nH]c12. The van der Waals surface area contributed by atoms with E-state index in [4.69, 9.17) is 0 Å². The van der Waals surface area contributed by atoms with E-state index in [0.29, 0.717) is 0 Å². The zero-order valence-corrected chi connectivity index (χ0v) is 10.4. The van der Waals surface area contributed by atoms with Gasteiger partial charge in [-0.3, -0.25) is 0 Å². The second-order valence-electron chi connectivity index (χ2n) is 4.32. The van der Waals surface area contributed by atoms with E-state index >= 15 is 0 Å². The fraction of sp³-hybridized carbons (Fsp3) is 0.385. The Morgan fingerprint density at radius 3 is 2.87 bits per heavy atom. The molecule has 0 amide bonds. The second-order valence-corrected chi connectivity index (χ2v) is 5.11. The second kappa shape index (κ2) is 3.38. The molecule has 1 saturated carbocycles. The van der Waals surface area contributed by atoms with Gasteiger partial charge in [0.15, 0.2) is 0 Å². The van der Waals surface area contributed by atoms with Crippen molar-refractivity contribution in [2.75, 3.05) is 0 Å². The number of H-pyrrole nitrogens is 1. The maximum Gasteiger partial charge on any atom is 0.0866 e. The summed E-state index contributed by atoms with van der Waals surface area (Å²) in [5.41, 5.74) is 4.24. The monoisotopic (exact) mass is 263 g/mol. The van der Waals surface area contributed by atoms with Crippen LogP contribution in [0.3, 0.4) is 0 Å². The van der Waals surface area contributed by atoms with E-state index in [0.717, 1.165) is 12.3 Å². The van der Waals surface area contributed by atoms with E-state index in [9.17, 15) is 0 Å². The molecule has 1 aliphatic carbocycles. The Bertz CT molecular complexity index is 508. The molecule has 3 rings (SSSR count). The Hall–Kier alpha value is -0.760. The van der Waals surface area contributed by atoms with Crippen LogP contribution >= 0.6 is 15.9 Å². The van der Waals surface area contributed by atoms with Crippen molar-refractivity contribution >= 4 is 26.8 Å². The van der Waals surface area contributed by atoms with Crippen LogP contribution in [-0.4, -0.2) is 4.98 Å². The summed E-state index contributed by atoms with van der Waals surface area (Å²) in [5, 5.41) is 1.42. The average Bonchev–Trinajstić information content (AvgIpc) is 3.00. The highest BCUT2D eigenvalue weighted by molar-refractivity contribution is 9.10. The van der Waals surface area contributed by atoms with Crippen molar-refractivity contribution in [1.82, 2.24) is 4.98 Å². The Morgan fingerprint density at radius 2 is 2.20 bits per heavy atom. The van der Waals surface area contributed by atoms with Crippen LogP contribution in [0.15, 0.2) is 22.8 Å². The molecule has 1 nitrogen and oxygen atoms in total. The molecule has 1 heterocycles. The first-order valence-electron chi connectivity index (χ1n) is 5.60. The molecule has 0 unspecified atom stereocenters. The van der Waals surface area contributed by atoms with E-state index in [2.05, 4.69) is 46.0 Å². The number of rotatable bonds is 2. The normalized spacial score (nSPS) is 16.1. The standard InChI is InChI=1S/C13H14BrN/c1-2-8-4-3-5-10-11(9-6-7-9)13(14)15-12(8)10/h3-5,9,15H,2,6-7H2,1H3. The largest absolute Gasteiger partial charge is 0.349 e. The minimum Gasteiger partial charge on any atom is -0.349 e. The molecule has 1 N–H and O–H groups in total. The van der Waals surface area contributed by atoms with Crippen LogP contribution in [0.4, 0.5) is 0 Å². The van der Waals surface area contributed by atoms with Crippen LogP contribution in [-0.2, 0) is 6.42 Å². The molecular weight excluding hydrogens is 250 g/mol. The van der Waals surface area contributed by atoms with E-state index in [1.807, 2.05) is 0 Å². The van der Waals surface area contributed by atoms with Crippen molar-refractivity contribution in [2.45, 2.75) is 32.1 Å². The molecule has 0 saturated heterocycles. The first-order chi connectivity index (χ1) is 7.31. The fourth-order valence-corrected chi connectivity index (χ4v) is 3.07. The lowest BCUT2D eigenvalue weighted by atomic mass is 10.1. The summed E-state index contributed by atoms with van der Waals surface area (Å²) >= 11 is 3.66. The summed E-state index contributed by atoms with van der Waals surface area (Å²) in [6.45, 7) is 2.21. The number of aromatic nitrogens is 1. The van der Waals surface area contributed by atoms with Crippen molar-refractivity contribution in [3.63, 3.8) is 0 Å². The molecule has 2 heteroatoms. The van der Waals surface area contributed by atoms with Gasteiger partial charge in [0.25, 0.3) is 0 Å². The maximum atomic E-state index is 3.66. The van der Waals surface area contributed by atoms with Gasteiger partial charge >= 0.3 is 0 Å². The van der Waals surface area contributed by atoms with E-state index < -0.39 is 0 Å². The number of hydrogen-bond donors (Lipinski definition) is 1. The lowest BCUT2D eigenvalue weighted by molar-refractivity contribution is 1.12. The molecule has 1 aromatic carbocycles. The summed E-state index contributed by atoms with van der Waals surface area (Å²) in [6, 6.07) is 6.62. The van der Waals surface area contributed by atoms with Gasteiger partial charge in [-0.05, 0) is 52.2 Å². The Morgan fingerprint density at radius 1 is 1.40 bits per heavy atom. The fourth-order valence-electron chi connectivity index (χ4n) is 2.33. The molecule has 0 bridgehead atoms. The number of hydrogen-bond acceptors (Lipinski definition) is 0. The molecule has 78 valence electrons. The molecule has 1 fully saturated rings. The average molecular weight is 264 g/mol. The van der Waals surface area contributed by atoms with Crippen molar-refractivity contribution in [1.29, 1.82) is 0 Å². The first kappa shape index (κ1) is 9.46. The third-order valence-electron chi connectivity index (χ3n) is 3.28. The van der Waals surface area contributed by atoms with Gasteiger partial charge in [0.1, 0.15) is 0 Å². The maximum absolute atomic E-state index is 3.66. The molecular formula is C13H14BrN. The van der Waals surface area contributed by atoms with Crippen LogP contribution in [0.25, 0.3) is 10.9 Å². The molecule has 2 aromatic rings. The highest BCUT2D eigenvalue weighted by Crippen LogP contribution is 2.46. The quantitative estimate of drug-likeness (QED) is 0.829. The summed E-state index contributed by atoms with van der Waals surface area (Å²) < 4.78 is 1.20. The predicted octanol–water partition coefficient (Wildman–Crippen LogP) is 4.37. The Balaban J connectivity index is 2.31. The number of aryl methyl sites for hydroxylation is 1. The molecule has 1 aliphatic rings. The third kappa shape index (κ3) is 1.43. The Kier molecular flexibility index (Phi) is 2.13. The molecule has 0 radical (unpaired) electrons. The molecule has 15 heavy (non-hydrogen) atoms. The summed E-state index contributed by atoms with van der Waals surface area (Å²) in [5.74, 6) is 0.792. The number of halogens is 1. The smallest absolute Gasteiger partial charge is 0.0866 e. The zero-order chi connectivity index (χ0) is 10.4. The number of aromatic amines is 1. The molecule has 0 spiro atoms. The lowest BCUT2D eigenvalue weighted by Gasteiger charge is -1.99. The third-order valence-corrected chi connectivity index (χ3v) is 3.90. The lowest BCUT2D eigenvalue weighted by Crippen LogP contribution is -1.82. The van der Waals surface area contributed by atoms with E-state index in [1.54, 1.807) is 0 Å². The molecule has 0 atom stereocenters. The van der Waals surface area contributed by atoms with Gasteiger partial charge in [0.2, 0.25) is 0 Å². The minimum absolute atomic E-state index is 0.792. The first-order valence-corrected chi connectivity index (χ1v) is 6.39. The van der Waals surface area contributed by atoms with E-state index in [-0.39, 0.29) is 0 Å². The topological polar surface area (TPSA) is 15.8 Å². The number of benzene rings is 1. The zero-order valence-electron chi connectivity index (χ0n) is 8.81. The van der Waals surface area contributed by atoms with Gasteiger partial charge in [-0.2, -0.15) is 0 Å². The van der Waals surface area contributed by atoms with Crippen LogP contribution in [0, 0.1) is 0 Å². The highest BCUT2D eigenvalue weighted by Gasteiger charge is 2.29. The number of para-hydroxylation sites is 1. The highest BCUT2D eigenvalue weighted by atomic mass is 79.9. The van der Waals surface area contributed by atoms with Gasteiger partial charge in [0.05, 0.1) is 4.60 Å². The molecule has 0 aliphatic heterocycles. The summed E-state index contributed by atoms with van der Waals surface area (Å²) in [6.07, 6.45) is 3.79. The summed E-state index contributed by atoms with van der Waals surface area (Å²) in [7, 11) is 0. The van der Waals surface area contributed by atoms with Gasteiger partial charge in [-0.25, -0.2) is 0 Å². The predicted molar refractivity (Wildman–Crippen MR) is 67.4 cm³/mol. The van der Waals surface area contributed by atoms with Gasteiger partial charge in [0, 0.05) is 10.9 Å². The molecule has 1 aromatic heterocycles.